The van der Waals surface area contributed by atoms with Crippen LogP contribution in [0.5, 0.6) is 0 Å². The van der Waals surface area contributed by atoms with Gasteiger partial charge in [-0.15, -0.1) is 0 Å². The average molecular weight is 356 g/mol. The second-order valence-corrected chi connectivity index (χ2v) is 7.20. The topological polar surface area (TPSA) is 48.9 Å². The van der Waals surface area contributed by atoms with E-state index in [1.807, 2.05) is 11.1 Å². The Morgan fingerprint density at radius 2 is 1.96 bits per heavy atom. The smallest absolute Gasteiger partial charge is 0.298 e. The molecular formula is C20H28N4O2. The van der Waals surface area contributed by atoms with Crippen molar-refractivity contribution in [2.45, 2.75) is 19.4 Å². The lowest BCUT2D eigenvalue weighted by Crippen LogP contribution is -2.48. The van der Waals surface area contributed by atoms with Gasteiger partial charge in [0.15, 0.2) is 0 Å². The molecule has 1 aromatic rings. The Bertz CT molecular complexity index is 649. The van der Waals surface area contributed by atoms with Gasteiger partial charge in [-0.25, -0.2) is 4.98 Å². The van der Waals surface area contributed by atoms with E-state index in [0.29, 0.717) is 19.0 Å². The van der Waals surface area contributed by atoms with Crippen LogP contribution in [0.1, 0.15) is 18.4 Å². The third kappa shape index (κ3) is 5.20. The third-order valence-corrected chi connectivity index (χ3v) is 4.80. The number of rotatable bonds is 3. The van der Waals surface area contributed by atoms with Gasteiger partial charge in [-0.1, -0.05) is 12.0 Å². The molecule has 3 rings (SSSR count). The number of aromatic nitrogens is 1. The van der Waals surface area contributed by atoms with Gasteiger partial charge in [-0.2, -0.15) is 0 Å². The molecule has 0 saturated carbocycles. The zero-order valence-corrected chi connectivity index (χ0v) is 15.8. The number of anilines is 1. The molecule has 26 heavy (non-hydrogen) atoms. The van der Waals surface area contributed by atoms with Gasteiger partial charge in [0.1, 0.15) is 5.82 Å². The van der Waals surface area contributed by atoms with E-state index in [9.17, 15) is 4.79 Å². The number of piperazine rings is 1. The van der Waals surface area contributed by atoms with Gasteiger partial charge < -0.3 is 19.4 Å². The Balaban J connectivity index is 1.49. The Labute approximate surface area is 156 Å². The molecule has 2 saturated heterocycles. The first-order chi connectivity index (χ1) is 12.6. The van der Waals surface area contributed by atoms with E-state index >= 15 is 0 Å². The number of ether oxygens (including phenoxy) is 1. The molecule has 3 heterocycles. The minimum Gasteiger partial charge on any atom is -0.381 e. The maximum atomic E-state index is 12.3. The molecule has 2 fully saturated rings. The van der Waals surface area contributed by atoms with Gasteiger partial charge in [0, 0.05) is 58.1 Å². The van der Waals surface area contributed by atoms with Crippen LogP contribution in [0, 0.1) is 17.8 Å². The van der Waals surface area contributed by atoms with E-state index in [-0.39, 0.29) is 5.91 Å². The maximum absolute atomic E-state index is 12.3. The first-order valence-electron chi connectivity index (χ1n) is 9.34. The van der Waals surface area contributed by atoms with Crippen LogP contribution in [0.3, 0.4) is 0 Å². The molecule has 6 nitrogen and oxygen atoms in total. The van der Waals surface area contributed by atoms with Crippen LogP contribution in [0.4, 0.5) is 5.82 Å². The average Bonchev–Trinajstić information content (AvgIpc) is 2.67. The summed E-state index contributed by atoms with van der Waals surface area (Å²) in [6.45, 7) is 5.39. The molecule has 6 heteroatoms. The van der Waals surface area contributed by atoms with Crippen molar-refractivity contribution in [1.82, 2.24) is 14.8 Å². The predicted molar refractivity (Wildman–Crippen MR) is 102 cm³/mol. The molecular weight excluding hydrogens is 328 g/mol. The fourth-order valence-corrected chi connectivity index (χ4v) is 3.29. The van der Waals surface area contributed by atoms with Gasteiger partial charge in [0.05, 0.1) is 0 Å². The van der Waals surface area contributed by atoms with Crippen LogP contribution < -0.4 is 4.90 Å². The summed E-state index contributed by atoms with van der Waals surface area (Å²) in [5.74, 6) is 7.21. The molecule has 0 aromatic carbocycles. The summed E-state index contributed by atoms with van der Waals surface area (Å²) >= 11 is 0. The Hall–Kier alpha value is -2.10. The highest BCUT2D eigenvalue weighted by Gasteiger charge is 2.21. The number of pyridine rings is 1. The summed E-state index contributed by atoms with van der Waals surface area (Å²) < 4.78 is 5.33. The van der Waals surface area contributed by atoms with Crippen molar-refractivity contribution >= 4 is 11.7 Å². The van der Waals surface area contributed by atoms with E-state index < -0.39 is 0 Å². The second kappa shape index (κ2) is 9.02. The quantitative estimate of drug-likeness (QED) is 0.763. The molecule has 1 amide bonds. The van der Waals surface area contributed by atoms with Gasteiger partial charge >= 0.3 is 0 Å². The van der Waals surface area contributed by atoms with Crippen LogP contribution in [-0.4, -0.2) is 74.2 Å². The van der Waals surface area contributed by atoms with Crippen LogP contribution in [0.15, 0.2) is 18.3 Å². The van der Waals surface area contributed by atoms with Crippen molar-refractivity contribution < 1.29 is 9.53 Å². The number of carbonyl (C=O) groups is 1. The molecule has 0 unspecified atom stereocenters. The van der Waals surface area contributed by atoms with Crippen molar-refractivity contribution in [2.24, 2.45) is 5.92 Å². The Morgan fingerprint density at radius 3 is 2.58 bits per heavy atom. The van der Waals surface area contributed by atoms with Gasteiger partial charge in [-0.05, 0) is 44.5 Å². The molecule has 1 aromatic heterocycles. The fourth-order valence-electron chi connectivity index (χ4n) is 3.29. The lowest BCUT2D eigenvalue weighted by molar-refractivity contribution is -0.125. The van der Waals surface area contributed by atoms with E-state index in [0.717, 1.165) is 51.5 Å². The van der Waals surface area contributed by atoms with Crippen molar-refractivity contribution in [3.8, 4) is 11.8 Å². The molecule has 0 atom stereocenters. The van der Waals surface area contributed by atoms with Crippen LogP contribution in [0.25, 0.3) is 0 Å². The summed E-state index contributed by atoms with van der Waals surface area (Å²) in [5, 5.41) is 0. The maximum Gasteiger partial charge on any atom is 0.298 e. The summed E-state index contributed by atoms with van der Waals surface area (Å²) in [4.78, 5) is 23.1. The molecule has 0 bridgehead atoms. The van der Waals surface area contributed by atoms with E-state index in [2.05, 4.69) is 52.9 Å². The minimum atomic E-state index is -0.0505. The zero-order valence-electron chi connectivity index (χ0n) is 15.8. The predicted octanol–water partition coefficient (Wildman–Crippen LogP) is 1.22. The first kappa shape index (κ1) is 18.7. The van der Waals surface area contributed by atoms with E-state index in [4.69, 9.17) is 4.74 Å². The van der Waals surface area contributed by atoms with Crippen LogP contribution >= 0.6 is 0 Å². The van der Waals surface area contributed by atoms with Crippen LogP contribution in [-0.2, 0) is 16.1 Å². The highest BCUT2D eigenvalue weighted by atomic mass is 16.5. The highest BCUT2D eigenvalue weighted by molar-refractivity contribution is 5.93. The molecule has 140 valence electrons. The minimum absolute atomic E-state index is 0.0505. The molecule has 0 N–H and O–H groups in total. The fraction of sp³-hybridized carbons (Fsp3) is 0.600. The molecule has 0 spiro atoms. The molecule has 2 aliphatic rings. The number of carbonyl (C=O) groups excluding carboxylic acids is 1. The lowest BCUT2D eigenvalue weighted by Gasteiger charge is -2.34. The Kier molecular flexibility index (Phi) is 6.48. The first-order valence-corrected chi connectivity index (χ1v) is 9.34. The van der Waals surface area contributed by atoms with Gasteiger partial charge in [-0.3, -0.25) is 4.79 Å². The highest BCUT2D eigenvalue weighted by Crippen LogP contribution is 2.15. The van der Waals surface area contributed by atoms with E-state index in [1.165, 1.54) is 5.56 Å². The molecule has 0 aliphatic carbocycles. The normalized spacial score (nSPS) is 18.6. The number of hydrogen-bond donors (Lipinski definition) is 0. The van der Waals surface area contributed by atoms with Crippen molar-refractivity contribution in [1.29, 1.82) is 0 Å². The molecule has 0 radical (unpaired) electrons. The largest absolute Gasteiger partial charge is 0.381 e. The van der Waals surface area contributed by atoms with Crippen LogP contribution in [0.2, 0.25) is 0 Å². The summed E-state index contributed by atoms with van der Waals surface area (Å²) in [7, 11) is 4.10. The second-order valence-electron chi connectivity index (χ2n) is 7.20. The lowest BCUT2D eigenvalue weighted by atomic mass is 10.0. The third-order valence-electron chi connectivity index (χ3n) is 4.80. The number of amides is 1. The van der Waals surface area contributed by atoms with Crippen molar-refractivity contribution in [3.05, 3.63) is 23.9 Å². The summed E-state index contributed by atoms with van der Waals surface area (Å²) in [6, 6.07) is 4.19. The summed E-state index contributed by atoms with van der Waals surface area (Å²) in [6.07, 6.45) is 3.80. The number of hydrogen-bond acceptors (Lipinski definition) is 5. The Morgan fingerprint density at radius 1 is 1.23 bits per heavy atom. The number of nitrogens with zero attached hydrogens (tertiary/aromatic N) is 4. The van der Waals surface area contributed by atoms with Crippen molar-refractivity contribution in [2.75, 3.05) is 58.4 Å². The summed E-state index contributed by atoms with van der Waals surface area (Å²) in [5.41, 5.74) is 1.20. The van der Waals surface area contributed by atoms with Crippen molar-refractivity contribution in [3.63, 3.8) is 0 Å². The zero-order chi connectivity index (χ0) is 18.4. The van der Waals surface area contributed by atoms with E-state index in [1.54, 1.807) is 0 Å². The van der Waals surface area contributed by atoms with Gasteiger partial charge in [0.25, 0.3) is 5.91 Å². The van der Waals surface area contributed by atoms with Gasteiger partial charge in [0.2, 0.25) is 0 Å². The molecule has 2 aliphatic heterocycles. The SMILES string of the molecule is CN(C)Cc1ccc(N2CCN(C(=O)C#CC3CCOCC3)CC2)nc1. The standard InChI is InChI=1S/C20H28N4O2/c1-22(2)16-18-3-5-19(21-15-18)23-9-11-24(12-10-23)20(25)6-4-17-7-13-26-14-8-17/h3,5,15,17H,7-14,16H2,1-2H3. The monoisotopic (exact) mass is 356 g/mol.